The van der Waals surface area contributed by atoms with Gasteiger partial charge in [-0.1, -0.05) is 0 Å². The fourth-order valence-electron chi connectivity index (χ4n) is 2.86. The molecule has 1 N–H and O–H groups in total. The maximum Gasteiger partial charge on any atom is 0.325 e. The SMILES string of the molecule is CC(C)(C)OC(=O)CNC(=O)c1cc([N+](=O)[O-])ccc1N1CCCCC1. The summed E-state index contributed by atoms with van der Waals surface area (Å²) >= 11 is 0. The number of carbonyl (C=O) groups is 2. The van der Waals surface area contributed by atoms with E-state index in [1.165, 1.54) is 12.1 Å². The number of non-ortho nitro benzene ring substituents is 1. The van der Waals surface area contributed by atoms with E-state index in [0.29, 0.717) is 5.69 Å². The molecule has 0 aromatic heterocycles. The minimum Gasteiger partial charge on any atom is -0.459 e. The van der Waals surface area contributed by atoms with Crippen LogP contribution >= 0.6 is 0 Å². The second-order valence-corrected chi connectivity index (χ2v) is 7.28. The molecule has 0 spiro atoms. The Morgan fingerprint density at radius 3 is 2.46 bits per heavy atom. The van der Waals surface area contributed by atoms with E-state index in [0.717, 1.165) is 32.4 Å². The lowest BCUT2D eigenvalue weighted by Crippen LogP contribution is -2.36. The number of esters is 1. The molecule has 142 valence electrons. The summed E-state index contributed by atoms with van der Waals surface area (Å²) in [5, 5.41) is 13.6. The molecule has 1 heterocycles. The average Bonchev–Trinajstić information content (AvgIpc) is 2.58. The fourth-order valence-corrected chi connectivity index (χ4v) is 2.86. The Balaban J connectivity index is 2.18. The van der Waals surface area contributed by atoms with E-state index in [4.69, 9.17) is 4.74 Å². The van der Waals surface area contributed by atoms with Crippen molar-refractivity contribution in [3.05, 3.63) is 33.9 Å². The Labute approximate surface area is 152 Å². The van der Waals surface area contributed by atoms with Crippen LogP contribution in [-0.2, 0) is 9.53 Å². The minimum atomic E-state index is -0.647. The zero-order valence-electron chi connectivity index (χ0n) is 15.4. The van der Waals surface area contributed by atoms with Crippen molar-refractivity contribution >= 4 is 23.3 Å². The van der Waals surface area contributed by atoms with Gasteiger partial charge in [0.15, 0.2) is 0 Å². The van der Waals surface area contributed by atoms with Gasteiger partial charge in [0, 0.05) is 25.2 Å². The lowest BCUT2D eigenvalue weighted by molar-refractivity contribution is -0.384. The van der Waals surface area contributed by atoms with Crippen LogP contribution in [0.2, 0.25) is 0 Å². The van der Waals surface area contributed by atoms with E-state index < -0.39 is 22.4 Å². The zero-order chi connectivity index (χ0) is 19.3. The molecular weight excluding hydrogens is 338 g/mol. The topological polar surface area (TPSA) is 102 Å². The third kappa shape index (κ3) is 5.44. The van der Waals surface area contributed by atoms with Gasteiger partial charge in [-0.3, -0.25) is 19.7 Å². The Morgan fingerprint density at radius 1 is 1.23 bits per heavy atom. The van der Waals surface area contributed by atoms with Gasteiger partial charge >= 0.3 is 5.97 Å². The predicted molar refractivity (Wildman–Crippen MR) is 97.3 cm³/mol. The molecule has 0 saturated carbocycles. The highest BCUT2D eigenvalue weighted by molar-refractivity contribution is 6.01. The van der Waals surface area contributed by atoms with Crippen LogP contribution in [0.15, 0.2) is 18.2 Å². The molecule has 1 amide bonds. The lowest BCUT2D eigenvalue weighted by Gasteiger charge is -2.30. The van der Waals surface area contributed by atoms with Crippen LogP contribution in [0.25, 0.3) is 0 Å². The van der Waals surface area contributed by atoms with E-state index >= 15 is 0 Å². The third-order valence-electron chi connectivity index (χ3n) is 3.95. The number of nitro benzene ring substituents is 1. The highest BCUT2D eigenvalue weighted by Gasteiger charge is 2.23. The number of nitrogens with zero attached hydrogens (tertiary/aromatic N) is 2. The summed E-state index contributed by atoms with van der Waals surface area (Å²) in [7, 11) is 0. The maximum absolute atomic E-state index is 12.6. The number of anilines is 1. The molecule has 1 fully saturated rings. The molecular formula is C18H25N3O5. The number of nitro groups is 1. The minimum absolute atomic E-state index is 0.159. The first-order chi connectivity index (χ1) is 12.2. The summed E-state index contributed by atoms with van der Waals surface area (Å²) < 4.78 is 5.16. The van der Waals surface area contributed by atoms with Crippen molar-refractivity contribution in [2.75, 3.05) is 24.5 Å². The summed E-state index contributed by atoms with van der Waals surface area (Å²) in [6.45, 7) is 6.51. The van der Waals surface area contributed by atoms with Crippen LogP contribution in [-0.4, -0.2) is 42.0 Å². The number of benzene rings is 1. The van der Waals surface area contributed by atoms with Crippen molar-refractivity contribution in [3.63, 3.8) is 0 Å². The van der Waals surface area contributed by atoms with Gasteiger partial charge in [-0.05, 0) is 46.1 Å². The molecule has 1 aromatic rings. The first-order valence-corrected chi connectivity index (χ1v) is 8.71. The quantitative estimate of drug-likeness (QED) is 0.490. The van der Waals surface area contributed by atoms with E-state index in [1.807, 2.05) is 0 Å². The van der Waals surface area contributed by atoms with Crippen molar-refractivity contribution in [1.82, 2.24) is 5.32 Å². The highest BCUT2D eigenvalue weighted by Crippen LogP contribution is 2.28. The highest BCUT2D eigenvalue weighted by atomic mass is 16.6. The molecule has 0 radical (unpaired) electrons. The van der Waals surface area contributed by atoms with E-state index in [9.17, 15) is 19.7 Å². The molecule has 0 bridgehead atoms. The van der Waals surface area contributed by atoms with E-state index in [2.05, 4.69) is 10.2 Å². The number of piperidine rings is 1. The number of rotatable bonds is 5. The van der Waals surface area contributed by atoms with Crippen LogP contribution in [0.5, 0.6) is 0 Å². The second-order valence-electron chi connectivity index (χ2n) is 7.28. The Morgan fingerprint density at radius 2 is 1.88 bits per heavy atom. The molecule has 0 atom stereocenters. The fraction of sp³-hybridized carbons (Fsp3) is 0.556. The van der Waals surface area contributed by atoms with Gasteiger partial charge in [0.05, 0.1) is 16.2 Å². The Bertz CT molecular complexity index is 691. The molecule has 1 aliphatic rings. The van der Waals surface area contributed by atoms with Crippen LogP contribution in [0.4, 0.5) is 11.4 Å². The molecule has 8 heteroatoms. The third-order valence-corrected chi connectivity index (χ3v) is 3.95. The largest absolute Gasteiger partial charge is 0.459 e. The maximum atomic E-state index is 12.6. The summed E-state index contributed by atoms with van der Waals surface area (Å²) in [5.41, 5.74) is 0.0431. The van der Waals surface area contributed by atoms with E-state index in [-0.39, 0.29) is 17.8 Å². The monoisotopic (exact) mass is 363 g/mol. The zero-order valence-corrected chi connectivity index (χ0v) is 15.4. The van der Waals surface area contributed by atoms with Gasteiger partial charge in [0.25, 0.3) is 11.6 Å². The number of hydrogen-bond acceptors (Lipinski definition) is 6. The first kappa shape index (κ1) is 19.7. The smallest absolute Gasteiger partial charge is 0.325 e. The van der Waals surface area contributed by atoms with Gasteiger partial charge in [-0.25, -0.2) is 0 Å². The molecule has 1 aromatic carbocycles. The molecule has 1 saturated heterocycles. The van der Waals surface area contributed by atoms with E-state index in [1.54, 1.807) is 26.8 Å². The molecule has 26 heavy (non-hydrogen) atoms. The number of hydrogen-bond donors (Lipinski definition) is 1. The Hall–Kier alpha value is -2.64. The van der Waals surface area contributed by atoms with Crippen molar-refractivity contribution in [1.29, 1.82) is 0 Å². The lowest BCUT2D eigenvalue weighted by atomic mass is 10.1. The van der Waals surface area contributed by atoms with Crippen molar-refractivity contribution < 1.29 is 19.2 Å². The van der Waals surface area contributed by atoms with Gasteiger partial charge in [0.1, 0.15) is 12.1 Å². The molecule has 0 aliphatic carbocycles. The van der Waals surface area contributed by atoms with Gasteiger partial charge in [-0.15, -0.1) is 0 Å². The molecule has 1 aliphatic heterocycles. The summed E-state index contributed by atoms with van der Waals surface area (Å²) in [4.78, 5) is 37.0. The number of carbonyl (C=O) groups excluding carboxylic acids is 2. The van der Waals surface area contributed by atoms with Crippen molar-refractivity contribution in [2.45, 2.75) is 45.6 Å². The van der Waals surface area contributed by atoms with Crippen LogP contribution in [0.1, 0.15) is 50.4 Å². The summed E-state index contributed by atoms with van der Waals surface area (Å²) in [6, 6.07) is 4.26. The predicted octanol–water partition coefficient (Wildman–Crippen LogP) is 2.66. The van der Waals surface area contributed by atoms with Crippen molar-refractivity contribution in [3.8, 4) is 0 Å². The van der Waals surface area contributed by atoms with Gasteiger partial charge in [0.2, 0.25) is 0 Å². The number of amides is 1. The van der Waals surface area contributed by atoms with Crippen molar-refractivity contribution in [2.24, 2.45) is 0 Å². The summed E-state index contributed by atoms with van der Waals surface area (Å²) in [6.07, 6.45) is 3.15. The van der Waals surface area contributed by atoms with Crippen LogP contribution < -0.4 is 10.2 Å². The number of ether oxygens (including phenoxy) is 1. The molecule has 0 unspecified atom stereocenters. The average molecular weight is 363 g/mol. The van der Waals surface area contributed by atoms with Gasteiger partial charge < -0.3 is 15.0 Å². The second kappa shape index (κ2) is 8.16. The summed E-state index contributed by atoms with van der Waals surface area (Å²) in [5.74, 6) is -1.09. The normalized spacial score (nSPS) is 14.7. The number of nitrogens with one attached hydrogen (secondary N) is 1. The molecule has 8 nitrogen and oxygen atoms in total. The Kier molecular flexibility index (Phi) is 6.18. The van der Waals surface area contributed by atoms with Crippen LogP contribution in [0.3, 0.4) is 0 Å². The molecule has 2 rings (SSSR count). The standard InChI is InChI=1S/C18H25N3O5/c1-18(2,3)26-16(22)12-19-17(23)14-11-13(21(24)25)7-8-15(14)20-9-5-4-6-10-20/h7-8,11H,4-6,9-10,12H2,1-3H3,(H,19,23). The van der Waals surface area contributed by atoms with Gasteiger partial charge in [-0.2, -0.15) is 0 Å². The van der Waals surface area contributed by atoms with Crippen LogP contribution in [0, 0.1) is 10.1 Å². The first-order valence-electron chi connectivity index (χ1n) is 8.71.